The van der Waals surface area contributed by atoms with E-state index >= 15 is 0 Å². The van der Waals surface area contributed by atoms with Gasteiger partial charge in [-0.15, -0.1) is 0 Å². The van der Waals surface area contributed by atoms with Gasteiger partial charge in [-0.2, -0.15) is 8.42 Å². The maximum atomic E-state index is 11.4. The Morgan fingerprint density at radius 2 is 2.31 bits per heavy atom. The number of nitrogens with zero attached hydrogens (tertiary/aromatic N) is 1. The van der Waals surface area contributed by atoms with E-state index < -0.39 is 15.2 Å². The van der Waals surface area contributed by atoms with Gasteiger partial charge in [-0.1, -0.05) is 6.92 Å². The quantitative estimate of drug-likeness (QED) is 0.284. The Morgan fingerprint density at radius 3 is 2.75 bits per heavy atom. The van der Waals surface area contributed by atoms with E-state index in [-0.39, 0.29) is 6.04 Å². The molecule has 0 aliphatic rings. The summed E-state index contributed by atoms with van der Waals surface area (Å²) in [5, 5.41) is 10.8. The van der Waals surface area contributed by atoms with E-state index in [0.717, 1.165) is 12.3 Å². The summed E-state index contributed by atoms with van der Waals surface area (Å²) in [6.45, 7) is 3.61. The van der Waals surface area contributed by atoms with Crippen molar-refractivity contribution < 1.29 is 22.1 Å². The summed E-state index contributed by atoms with van der Waals surface area (Å²) < 4.78 is 35.3. The fourth-order valence-corrected chi connectivity index (χ4v) is 1.44. The lowest BCUT2D eigenvalue weighted by Crippen LogP contribution is -2.17. The maximum Gasteiger partial charge on any atom is 0.328 e. The molecule has 0 saturated carbocycles. The summed E-state index contributed by atoms with van der Waals surface area (Å²) in [6, 6.07) is 0.881. The highest BCUT2D eigenvalue weighted by Crippen LogP contribution is 2.12. The van der Waals surface area contributed by atoms with Gasteiger partial charge in [0.2, 0.25) is 5.09 Å². The predicted octanol–water partition coefficient (Wildman–Crippen LogP) is 1.25. The molecule has 0 aromatic carbocycles. The van der Waals surface area contributed by atoms with Crippen molar-refractivity contribution in [2.75, 3.05) is 0 Å². The molecule has 1 atom stereocenters. The predicted molar refractivity (Wildman–Crippen MR) is 57.1 cm³/mol. The molecule has 0 spiro atoms. The minimum atomic E-state index is -4.35. The van der Waals surface area contributed by atoms with Crippen molar-refractivity contribution in [3.05, 3.63) is 23.1 Å². The van der Waals surface area contributed by atoms with Crippen LogP contribution in [0.5, 0.6) is 0 Å². The second-order valence-corrected chi connectivity index (χ2v) is 4.77. The van der Waals surface area contributed by atoms with Crippen LogP contribution in [0.2, 0.25) is 0 Å². The van der Waals surface area contributed by atoms with Crippen LogP contribution in [0.1, 0.15) is 25.8 Å². The van der Waals surface area contributed by atoms with Crippen molar-refractivity contribution in [2.45, 2.75) is 31.4 Å². The fourth-order valence-electron chi connectivity index (χ4n) is 0.987. The molecular weight excluding hydrogens is 234 g/mol. The van der Waals surface area contributed by atoms with Gasteiger partial charge in [0.15, 0.2) is 12.3 Å². The van der Waals surface area contributed by atoms with E-state index in [1.165, 1.54) is 6.21 Å². The smallest absolute Gasteiger partial charge is 0.328 e. The van der Waals surface area contributed by atoms with Crippen LogP contribution in [0.25, 0.3) is 0 Å². The van der Waals surface area contributed by atoms with Crippen LogP contribution in [-0.2, 0) is 10.1 Å². The van der Waals surface area contributed by atoms with Crippen molar-refractivity contribution in [3.63, 3.8) is 0 Å². The molecule has 1 aromatic rings. The topological polar surface area (TPSA) is 93.6 Å². The average molecular weight is 247 g/mol. The molecule has 0 aliphatic carbocycles. The highest BCUT2D eigenvalue weighted by Gasteiger charge is 2.16. The summed E-state index contributed by atoms with van der Waals surface area (Å²) in [6.07, 6.45) is 2.98. The standard InChI is InChI=1S/C9H13NO5S/c1-3-7(2)10(11)5-8-4-9(15-6-8)16(12,13)14/h4-7H,3H2,1-2H3,(H,12,13,14). The Hall–Kier alpha value is -1.34. The number of hydrogen-bond acceptors (Lipinski definition) is 4. The Bertz CT molecular complexity index is 488. The molecule has 0 aliphatic heterocycles. The van der Waals surface area contributed by atoms with E-state index in [0.29, 0.717) is 16.7 Å². The van der Waals surface area contributed by atoms with Crippen molar-refractivity contribution in [3.8, 4) is 0 Å². The molecule has 0 bridgehead atoms. The SMILES string of the molecule is CCC(C)[N+]([O-])=Cc1coc(S(=O)(=O)O)c1. The molecule has 0 fully saturated rings. The van der Waals surface area contributed by atoms with Gasteiger partial charge in [0.25, 0.3) is 0 Å². The molecule has 0 amide bonds. The van der Waals surface area contributed by atoms with Crippen LogP contribution in [0.15, 0.2) is 21.8 Å². The molecule has 1 N–H and O–H groups in total. The van der Waals surface area contributed by atoms with Crippen molar-refractivity contribution in [1.82, 2.24) is 0 Å². The first-order valence-electron chi connectivity index (χ1n) is 4.71. The zero-order valence-corrected chi connectivity index (χ0v) is 9.77. The van der Waals surface area contributed by atoms with Gasteiger partial charge >= 0.3 is 10.1 Å². The molecule has 1 aromatic heterocycles. The largest absolute Gasteiger partial charge is 0.624 e. The molecule has 6 nitrogen and oxygen atoms in total. The number of rotatable bonds is 4. The summed E-state index contributed by atoms with van der Waals surface area (Å²) >= 11 is 0. The number of hydrogen-bond donors (Lipinski definition) is 1. The molecule has 7 heteroatoms. The highest BCUT2D eigenvalue weighted by atomic mass is 32.2. The fraction of sp³-hybridized carbons (Fsp3) is 0.444. The molecular formula is C9H13NO5S. The van der Waals surface area contributed by atoms with Gasteiger partial charge in [0, 0.05) is 12.5 Å². The maximum absolute atomic E-state index is 11.4. The first-order chi connectivity index (χ1) is 7.34. The van der Waals surface area contributed by atoms with Crippen molar-refractivity contribution in [1.29, 1.82) is 0 Å². The molecule has 1 rings (SSSR count). The summed E-state index contributed by atoms with van der Waals surface area (Å²) in [5.74, 6) is 0. The van der Waals surface area contributed by atoms with Crippen LogP contribution in [0, 0.1) is 5.21 Å². The second-order valence-electron chi connectivity index (χ2n) is 3.42. The third-order valence-corrected chi connectivity index (χ3v) is 2.87. The Morgan fingerprint density at radius 1 is 1.69 bits per heavy atom. The van der Waals surface area contributed by atoms with Crippen molar-refractivity contribution in [2.24, 2.45) is 0 Å². The van der Waals surface area contributed by atoms with Crippen LogP contribution >= 0.6 is 0 Å². The van der Waals surface area contributed by atoms with Gasteiger partial charge in [0.1, 0.15) is 6.26 Å². The van der Waals surface area contributed by atoms with Gasteiger partial charge in [-0.05, 0) is 6.92 Å². The van der Waals surface area contributed by atoms with Gasteiger partial charge in [0.05, 0.1) is 5.56 Å². The van der Waals surface area contributed by atoms with Crippen LogP contribution in [0.4, 0.5) is 0 Å². The summed E-state index contributed by atoms with van der Waals surface area (Å²) in [7, 11) is -4.35. The third-order valence-electron chi connectivity index (χ3n) is 2.15. The van der Waals surface area contributed by atoms with Gasteiger partial charge in [-0.3, -0.25) is 4.55 Å². The third kappa shape index (κ3) is 3.07. The highest BCUT2D eigenvalue weighted by molar-refractivity contribution is 7.85. The lowest BCUT2D eigenvalue weighted by Gasteiger charge is -2.08. The zero-order chi connectivity index (χ0) is 12.3. The van der Waals surface area contributed by atoms with Crippen LogP contribution in [-0.4, -0.2) is 30.0 Å². The van der Waals surface area contributed by atoms with E-state index in [1.54, 1.807) is 6.92 Å². The normalized spacial score (nSPS) is 15.1. The number of furan rings is 1. The molecule has 0 saturated heterocycles. The zero-order valence-electron chi connectivity index (χ0n) is 8.95. The average Bonchev–Trinajstić information content (AvgIpc) is 2.64. The Labute approximate surface area is 93.5 Å². The first-order valence-corrected chi connectivity index (χ1v) is 6.15. The minimum absolute atomic E-state index is 0.205. The number of hydroxylamine groups is 1. The van der Waals surface area contributed by atoms with E-state index in [9.17, 15) is 13.6 Å². The first kappa shape index (κ1) is 12.7. The lowest BCUT2D eigenvalue weighted by atomic mass is 10.3. The van der Waals surface area contributed by atoms with Crippen LogP contribution in [0.3, 0.4) is 0 Å². The molecule has 0 radical (unpaired) electrons. The Balaban J connectivity index is 2.96. The minimum Gasteiger partial charge on any atom is -0.624 e. The van der Waals surface area contributed by atoms with Gasteiger partial charge < -0.3 is 9.62 Å². The summed E-state index contributed by atoms with van der Waals surface area (Å²) in [5.41, 5.74) is 0.294. The van der Waals surface area contributed by atoms with E-state index in [4.69, 9.17) is 4.55 Å². The second kappa shape index (κ2) is 4.67. The monoisotopic (exact) mass is 247 g/mol. The summed E-state index contributed by atoms with van der Waals surface area (Å²) in [4.78, 5) is 0. The molecule has 16 heavy (non-hydrogen) atoms. The van der Waals surface area contributed by atoms with Gasteiger partial charge in [-0.25, -0.2) is 4.74 Å². The van der Waals surface area contributed by atoms with Crippen molar-refractivity contribution >= 4 is 16.3 Å². The van der Waals surface area contributed by atoms with Crippen LogP contribution < -0.4 is 0 Å². The van der Waals surface area contributed by atoms with E-state index in [1.807, 2.05) is 6.92 Å². The Kier molecular flexibility index (Phi) is 3.71. The van der Waals surface area contributed by atoms with E-state index in [2.05, 4.69) is 4.42 Å². The molecule has 1 unspecified atom stereocenters. The molecule has 90 valence electrons. The molecule has 1 heterocycles. The lowest BCUT2D eigenvalue weighted by molar-refractivity contribution is -0.492.